The molecule has 5 heteroatoms. The fourth-order valence-corrected chi connectivity index (χ4v) is 2.88. The van der Waals surface area contributed by atoms with Gasteiger partial charge in [-0.3, -0.25) is 9.58 Å². The van der Waals surface area contributed by atoms with Gasteiger partial charge < -0.3 is 5.11 Å². The maximum Gasteiger partial charge on any atom is 0.339 e. The Balaban J connectivity index is 1.96. The predicted molar refractivity (Wildman–Crippen MR) is 73.1 cm³/mol. The monoisotopic (exact) mass is 265 g/mol. The molecule has 2 heterocycles. The first kappa shape index (κ1) is 14.1. The van der Waals surface area contributed by atoms with Crippen LogP contribution in [0.25, 0.3) is 0 Å². The minimum absolute atomic E-state index is 0.332. The summed E-state index contributed by atoms with van der Waals surface area (Å²) >= 11 is 0. The molecule has 0 aromatic carbocycles. The zero-order chi connectivity index (χ0) is 13.8. The van der Waals surface area contributed by atoms with Crippen molar-refractivity contribution in [1.29, 1.82) is 0 Å². The van der Waals surface area contributed by atoms with Crippen LogP contribution in [0.2, 0.25) is 0 Å². The van der Waals surface area contributed by atoms with E-state index in [9.17, 15) is 4.79 Å². The minimum atomic E-state index is -0.885. The average Bonchev–Trinajstić information content (AvgIpc) is 2.74. The molecule has 1 aromatic heterocycles. The molecule has 0 unspecified atom stereocenters. The molecule has 5 nitrogen and oxygen atoms in total. The first-order valence-corrected chi connectivity index (χ1v) is 7.08. The van der Waals surface area contributed by atoms with E-state index >= 15 is 0 Å². The van der Waals surface area contributed by atoms with E-state index in [4.69, 9.17) is 5.11 Å². The number of aromatic carboxylic acids is 1. The van der Waals surface area contributed by atoms with Crippen molar-refractivity contribution in [1.82, 2.24) is 14.7 Å². The van der Waals surface area contributed by atoms with Crippen LogP contribution in [-0.4, -0.2) is 38.8 Å². The van der Waals surface area contributed by atoms with Crippen LogP contribution in [0.5, 0.6) is 0 Å². The lowest BCUT2D eigenvalue weighted by atomic mass is 9.92. The lowest BCUT2D eigenvalue weighted by Gasteiger charge is -2.31. The Hall–Kier alpha value is -1.36. The Kier molecular flexibility index (Phi) is 4.58. The van der Waals surface area contributed by atoms with Crippen LogP contribution in [0, 0.1) is 5.92 Å². The van der Waals surface area contributed by atoms with Gasteiger partial charge in [0.05, 0.1) is 11.9 Å². The van der Waals surface area contributed by atoms with E-state index in [-0.39, 0.29) is 0 Å². The Bertz CT molecular complexity index is 434. The summed E-state index contributed by atoms with van der Waals surface area (Å²) in [5.74, 6) is -0.0318. The SMILES string of the molecule is CCCC1CCN(Cc2c(C(=O)O)cnn2C)CC1. The number of likely N-dealkylation sites (tertiary alicyclic amines) is 1. The van der Waals surface area contributed by atoms with Gasteiger partial charge in [-0.2, -0.15) is 5.10 Å². The number of aromatic nitrogens is 2. The largest absolute Gasteiger partial charge is 0.478 e. The summed E-state index contributed by atoms with van der Waals surface area (Å²) in [7, 11) is 1.81. The normalized spacial score (nSPS) is 17.8. The summed E-state index contributed by atoms with van der Waals surface area (Å²) < 4.78 is 1.68. The Labute approximate surface area is 114 Å². The van der Waals surface area contributed by atoms with E-state index in [1.165, 1.54) is 31.9 Å². The quantitative estimate of drug-likeness (QED) is 0.886. The Morgan fingerprint density at radius 2 is 2.16 bits per heavy atom. The summed E-state index contributed by atoms with van der Waals surface area (Å²) in [6.07, 6.45) is 6.49. The molecule has 1 aliphatic rings. The predicted octanol–water partition coefficient (Wildman–Crippen LogP) is 2.13. The van der Waals surface area contributed by atoms with Gasteiger partial charge in [-0.25, -0.2) is 4.79 Å². The second-order valence-corrected chi connectivity index (χ2v) is 5.44. The van der Waals surface area contributed by atoms with Crippen molar-refractivity contribution in [3.8, 4) is 0 Å². The van der Waals surface area contributed by atoms with Crippen LogP contribution in [0.1, 0.15) is 48.7 Å². The Morgan fingerprint density at radius 1 is 1.47 bits per heavy atom. The van der Waals surface area contributed by atoms with Gasteiger partial charge in [0, 0.05) is 13.6 Å². The molecule has 0 bridgehead atoms. The molecule has 0 spiro atoms. The van der Waals surface area contributed by atoms with Crippen molar-refractivity contribution in [2.24, 2.45) is 13.0 Å². The van der Waals surface area contributed by atoms with Crippen molar-refractivity contribution in [2.45, 2.75) is 39.2 Å². The third-order valence-electron chi connectivity index (χ3n) is 4.07. The highest BCUT2D eigenvalue weighted by atomic mass is 16.4. The highest BCUT2D eigenvalue weighted by molar-refractivity contribution is 5.88. The highest BCUT2D eigenvalue weighted by Gasteiger charge is 2.22. The first-order valence-electron chi connectivity index (χ1n) is 7.08. The number of piperidine rings is 1. The lowest BCUT2D eigenvalue weighted by molar-refractivity contribution is 0.0693. The van der Waals surface area contributed by atoms with Gasteiger partial charge in [0.1, 0.15) is 5.56 Å². The van der Waals surface area contributed by atoms with Gasteiger partial charge in [-0.1, -0.05) is 19.8 Å². The van der Waals surface area contributed by atoms with Crippen molar-refractivity contribution in [3.05, 3.63) is 17.5 Å². The second-order valence-electron chi connectivity index (χ2n) is 5.44. The fraction of sp³-hybridized carbons (Fsp3) is 0.714. The van der Waals surface area contributed by atoms with E-state index in [0.29, 0.717) is 12.1 Å². The molecule has 19 heavy (non-hydrogen) atoms. The molecule has 0 amide bonds. The third-order valence-corrected chi connectivity index (χ3v) is 4.07. The van der Waals surface area contributed by atoms with Crippen LogP contribution in [-0.2, 0) is 13.6 Å². The molecule has 0 saturated carbocycles. The van der Waals surface area contributed by atoms with E-state index < -0.39 is 5.97 Å². The maximum absolute atomic E-state index is 11.1. The van der Waals surface area contributed by atoms with Crippen LogP contribution >= 0.6 is 0 Å². The average molecular weight is 265 g/mol. The van der Waals surface area contributed by atoms with Gasteiger partial charge in [0.15, 0.2) is 0 Å². The molecule has 2 rings (SSSR count). The smallest absolute Gasteiger partial charge is 0.339 e. The summed E-state index contributed by atoms with van der Waals surface area (Å²) in [6.45, 7) is 5.06. The van der Waals surface area contributed by atoms with E-state index in [1.807, 2.05) is 7.05 Å². The maximum atomic E-state index is 11.1. The first-order chi connectivity index (χ1) is 9.11. The molecule has 1 aliphatic heterocycles. The number of carboxylic acids is 1. The van der Waals surface area contributed by atoms with E-state index in [2.05, 4.69) is 16.9 Å². The topological polar surface area (TPSA) is 58.4 Å². The molecule has 0 aliphatic carbocycles. The summed E-state index contributed by atoms with van der Waals surface area (Å²) in [5.41, 5.74) is 1.14. The molecule has 1 saturated heterocycles. The Morgan fingerprint density at radius 3 is 2.74 bits per heavy atom. The minimum Gasteiger partial charge on any atom is -0.478 e. The molecule has 1 N–H and O–H groups in total. The van der Waals surface area contributed by atoms with Crippen LogP contribution in [0.15, 0.2) is 6.20 Å². The van der Waals surface area contributed by atoms with Crippen molar-refractivity contribution in [3.63, 3.8) is 0 Å². The van der Waals surface area contributed by atoms with Crippen LogP contribution in [0.3, 0.4) is 0 Å². The number of hydrogen-bond donors (Lipinski definition) is 1. The van der Waals surface area contributed by atoms with Gasteiger partial charge >= 0.3 is 5.97 Å². The zero-order valence-corrected chi connectivity index (χ0v) is 11.8. The van der Waals surface area contributed by atoms with Crippen molar-refractivity contribution >= 4 is 5.97 Å². The van der Waals surface area contributed by atoms with E-state index in [0.717, 1.165) is 24.7 Å². The second kappa shape index (κ2) is 6.19. The number of nitrogens with zero attached hydrogens (tertiary/aromatic N) is 3. The van der Waals surface area contributed by atoms with Gasteiger partial charge in [-0.05, 0) is 31.8 Å². The third kappa shape index (κ3) is 3.35. The summed E-state index contributed by atoms with van der Waals surface area (Å²) in [4.78, 5) is 13.5. The summed E-state index contributed by atoms with van der Waals surface area (Å²) in [6, 6.07) is 0. The number of hydrogen-bond acceptors (Lipinski definition) is 3. The van der Waals surface area contributed by atoms with Crippen LogP contribution < -0.4 is 0 Å². The zero-order valence-electron chi connectivity index (χ0n) is 11.8. The molecular formula is C14H23N3O2. The van der Waals surface area contributed by atoms with Crippen LogP contribution in [0.4, 0.5) is 0 Å². The molecule has 0 atom stereocenters. The van der Waals surface area contributed by atoms with E-state index in [1.54, 1.807) is 4.68 Å². The molecule has 1 aromatic rings. The number of aryl methyl sites for hydroxylation is 1. The van der Waals surface area contributed by atoms with Gasteiger partial charge in [-0.15, -0.1) is 0 Å². The highest BCUT2D eigenvalue weighted by Crippen LogP contribution is 2.23. The van der Waals surface area contributed by atoms with Crippen molar-refractivity contribution in [2.75, 3.05) is 13.1 Å². The standard InChI is InChI=1S/C14H23N3O2/c1-3-4-11-5-7-17(8-6-11)10-13-12(14(18)19)9-15-16(13)2/h9,11H,3-8,10H2,1-2H3,(H,18,19). The lowest BCUT2D eigenvalue weighted by Crippen LogP contribution is -2.34. The molecule has 1 fully saturated rings. The van der Waals surface area contributed by atoms with Gasteiger partial charge in [0.25, 0.3) is 0 Å². The fourth-order valence-electron chi connectivity index (χ4n) is 2.88. The van der Waals surface area contributed by atoms with Gasteiger partial charge in [0.2, 0.25) is 0 Å². The molecular weight excluding hydrogens is 242 g/mol. The number of carbonyl (C=O) groups is 1. The molecule has 0 radical (unpaired) electrons. The van der Waals surface area contributed by atoms with Crippen molar-refractivity contribution < 1.29 is 9.90 Å². The number of carboxylic acid groups (broad SMARTS) is 1. The molecule has 106 valence electrons. The summed E-state index contributed by atoms with van der Waals surface area (Å²) in [5, 5.41) is 13.2. The number of rotatable bonds is 5.